The molecule has 1 atom stereocenters. The Bertz CT molecular complexity index is 805. The minimum Gasteiger partial charge on any atom is -0.497 e. The van der Waals surface area contributed by atoms with Crippen molar-refractivity contribution in [2.45, 2.75) is 32.5 Å². The zero-order valence-electron chi connectivity index (χ0n) is 17.1. The number of rotatable bonds is 7. The van der Waals surface area contributed by atoms with Crippen LogP contribution < -0.4 is 20.1 Å². The number of thiophene rings is 1. The van der Waals surface area contributed by atoms with E-state index in [0.717, 1.165) is 49.1 Å². The molecule has 1 aromatic heterocycles. The molecule has 0 saturated carbocycles. The normalized spacial score (nSPS) is 15.6. The summed E-state index contributed by atoms with van der Waals surface area (Å²) in [6.07, 6.45) is 1.15. The second kappa shape index (κ2) is 9.80. The lowest BCUT2D eigenvalue weighted by Crippen LogP contribution is -2.47. The van der Waals surface area contributed by atoms with Gasteiger partial charge in [-0.1, -0.05) is 0 Å². The predicted octanol–water partition coefficient (Wildman–Crippen LogP) is 2.88. The zero-order chi connectivity index (χ0) is 19.9. The molecule has 1 aliphatic heterocycles. The van der Waals surface area contributed by atoms with Crippen molar-refractivity contribution in [3.63, 3.8) is 0 Å². The smallest absolute Gasteiger partial charge is 0.191 e. The standard InChI is InChI=1S/C21H30N4O2S/c1-15(25-9-7-20-17(14-25)8-10-28-20)12-23-21(22-2)24-13-16-5-6-18(26-3)11-19(16)27-4/h5-6,8,10-11,15H,7,9,12-14H2,1-4H3,(H2,22,23,24). The number of ether oxygens (including phenoxy) is 2. The molecule has 7 heteroatoms. The summed E-state index contributed by atoms with van der Waals surface area (Å²) in [6.45, 7) is 5.90. The highest BCUT2D eigenvalue weighted by molar-refractivity contribution is 7.10. The monoisotopic (exact) mass is 402 g/mol. The Hall–Kier alpha value is -2.25. The van der Waals surface area contributed by atoms with Crippen LogP contribution in [0.2, 0.25) is 0 Å². The second-order valence-corrected chi connectivity index (χ2v) is 7.92. The van der Waals surface area contributed by atoms with Crippen LogP contribution in [0, 0.1) is 0 Å². The molecule has 0 spiro atoms. The Balaban J connectivity index is 1.50. The summed E-state index contributed by atoms with van der Waals surface area (Å²) >= 11 is 1.88. The third-order valence-corrected chi connectivity index (χ3v) is 6.21. The van der Waals surface area contributed by atoms with E-state index in [2.05, 4.69) is 38.9 Å². The minimum atomic E-state index is 0.433. The first-order chi connectivity index (χ1) is 13.6. The van der Waals surface area contributed by atoms with Crippen LogP contribution in [0.25, 0.3) is 0 Å². The van der Waals surface area contributed by atoms with Gasteiger partial charge in [-0.2, -0.15) is 0 Å². The molecule has 2 N–H and O–H groups in total. The molecule has 1 aliphatic rings. The molecular formula is C21H30N4O2S. The van der Waals surface area contributed by atoms with Gasteiger partial charge in [-0.15, -0.1) is 11.3 Å². The molecule has 3 rings (SSSR count). The van der Waals surface area contributed by atoms with Gasteiger partial charge in [-0.25, -0.2) is 0 Å². The number of benzene rings is 1. The first kappa shape index (κ1) is 20.5. The van der Waals surface area contributed by atoms with Gasteiger partial charge >= 0.3 is 0 Å². The highest BCUT2D eigenvalue weighted by Crippen LogP contribution is 2.25. The maximum absolute atomic E-state index is 5.47. The number of hydrogen-bond acceptors (Lipinski definition) is 5. The van der Waals surface area contributed by atoms with Crippen LogP contribution in [0.15, 0.2) is 34.6 Å². The molecule has 28 heavy (non-hydrogen) atoms. The Kier molecular flexibility index (Phi) is 7.17. The van der Waals surface area contributed by atoms with E-state index < -0.39 is 0 Å². The number of fused-ring (bicyclic) bond motifs is 1. The van der Waals surface area contributed by atoms with Crippen LogP contribution in [0.1, 0.15) is 22.9 Å². The lowest BCUT2D eigenvalue weighted by atomic mass is 10.1. The van der Waals surface area contributed by atoms with Crippen molar-refractivity contribution in [3.8, 4) is 11.5 Å². The molecule has 0 aliphatic carbocycles. The molecule has 1 aromatic carbocycles. The topological polar surface area (TPSA) is 58.1 Å². The van der Waals surface area contributed by atoms with Crippen LogP contribution in [0.3, 0.4) is 0 Å². The quantitative estimate of drug-likeness (QED) is 0.551. The van der Waals surface area contributed by atoms with Gasteiger partial charge in [-0.05, 0) is 42.5 Å². The van der Waals surface area contributed by atoms with Crippen LogP contribution >= 0.6 is 11.3 Å². The molecule has 2 aromatic rings. The van der Waals surface area contributed by atoms with Gasteiger partial charge < -0.3 is 20.1 Å². The number of nitrogens with one attached hydrogen (secondary N) is 2. The fourth-order valence-electron chi connectivity index (χ4n) is 3.42. The molecule has 6 nitrogen and oxygen atoms in total. The Labute approximate surface area is 171 Å². The van der Waals surface area contributed by atoms with E-state index in [4.69, 9.17) is 9.47 Å². The van der Waals surface area contributed by atoms with Crippen molar-refractivity contribution in [1.29, 1.82) is 0 Å². The summed E-state index contributed by atoms with van der Waals surface area (Å²) < 4.78 is 10.7. The molecular weight excluding hydrogens is 372 g/mol. The van der Waals surface area contributed by atoms with Crippen molar-refractivity contribution >= 4 is 17.3 Å². The average molecular weight is 403 g/mol. The molecule has 1 unspecified atom stereocenters. The molecule has 2 heterocycles. The van der Waals surface area contributed by atoms with E-state index in [1.807, 2.05) is 29.5 Å². The van der Waals surface area contributed by atoms with Crippen LogP contribution in [0.5, 0.6) is 11.5 Å². The number of guanidine groups is 1. The maximum atomic E-state index is 5.47. The van der Waals surface area contributed by atoms with Gasteiger partial charge in [-0.3, -0.25) is 9.89 Å². The van der Waals surface area contributed by atoms with Gasteiger partial charge in [0.2, 0.25) is 0 Å². The minimum absolute atomic E-state index is 0.433. The van der Waals surface area contributed by atoms with E-state index in [1.54, 1.807) is 26.1 Å². The van der Waals surface area contributed by atoms with Crippen molar-refractivity contribution in [1.82, 2.24) is 15.5 Å². The maximum Gasteiger partial charge on any atom is 0.191 e. The van der Waals surface area contributed by atoms with Gasteiger partial charge in [0, 0.05) is 55.8 Å². The Morgan fingerprint density at radius 2 is 2.11 bits per heavy atom. The predicted molar refractivity (Wildman–Crippen MR) is 116 cm³/mol. The number of aliphatic imine (C=N–C) groups is 1. The van der Waals surface area contributed by atoms with Crippen molar-refractivity contribution in [2.75, 3.05) is 34.4 Å². The largest absolute Gasteiger partial charge is 0.497 e. The first-order valence-electron chi connectivity index (χ1n) is 9.59. The summed E-state index contributed by atoms with van der Waals surface area (Å²) in [5.74, 6) is 2.38. The zero-order valence-corrected chi connectivity index (χ0v) is 17.9. The fourth-order valence-corrected chi connectivity index (χ4v) is 4.31. The van der Waals surface area contributed by atoms with Gasteiger partial charge in [0.1, 0.15) is 11.5 Å². The highest BCUT2D eigenvalue weighted by atomic mass is 32.1. The van der Waals surface area contributed by atoms with Gasteiger partial charge in [0.05, 0.1) is 14.2 Å². The van der Waals surface area contributed by atoms with E-state index >= 15 is 0 Å². The third kappa shape index (κ3) is 4.97. The summed E-state index contributed by atoms with van der Waals surface area (Å²) in [6, 6.07) is 8.53. The van der Waals surface area contributed by atoms with E-state index in [-0.39, 0.29) is 0 Å². The van der Waals surface area contributed by atoms with Crippen LogP contribution in [0.4, 0.5) is 0 Å². The molecule has 0 fully saturated rings. The molecule has 0 amide bonds. The first-order valence-corrected chi connectivity index (χ1v) is 10.5. The van der Waals surface area contributed by atoms with Gasteiger partial charge in [0.25, 0.3) is 0 Å². The van der Waals surface area contributed by atoms with Crippen molar-refractivity contribution in [3.05, 3.63) is 45.6 Å². The number of nitrogens with zero attached hydrogens (tertiary/aromatic N) is 2. The van der Waals surface area contributed by atoms with Crippen LogP contribution in [-0.2, 0) is 19.5 Å². The van der Waals surface area contributed by atoms with Crippen molar-refractivity contribution < 1.29 is 9.47 Å². The summed E-state index contributed by atoms with van der Waals surface area (Å²) in [5.41, 5.74) is 2.54. The SMILES string of the molecule is CN=C(NCc1ccc(OC)cc1OC)NCC(C)N1CCc2sccc2C1. The van der Waals surface area contributed by atoms with E-state index in [1.165, 1.54) is 5.56 Å². The van der Waals surface area contributed by atoms with Crippen LogP contribution in [-0.4, -0.2) is 51.3 Å². The Morgan fingerprint density at radius 3 is 2.86 bits per heavy atom. The Morgan fingerprint density at radius 1 is 1.25 bits per heavy atom. The summed E-state index contributed by atoms with van der Waals surface area (Å²) in [4.78, 5) is 8.42. The van der Waals surface area contributed by atoms with Crippen molar-refractivity contribution in [2.24, 2.45) is 4.99 Å². The van der Waals surface area contributed by atoms with Gasteiger partial charge in [0.15, 0.2) is 5.96 Å². The number of methoxy groups -OCH3 is 2. The second-order valence-electron chi connectivity index (χ2n) is 6.92. The van der Waals surface area contributed by atoms with E-state index in [9.17, 15) is 0 Å². The summed E-state index contributed by atoms with van der Waals surface area (Å²) in [7, 11) is 5.12. The third-order valence-electron chi connectivity index (χ3n) is 5.19. The molecule has 152 valence electrons. The fraction of sp³-hybridized carbons (Fsp3) is 0.476. The number of hydrogen-bond donors (Lipinski definition) is 2. The molecule has 0 bridgehead atoms. The lowest BCUT2D eigenvalue weighted by molar-refractivity contribution is 0.192. The summed E-state index contributed by atoms with van der Waals surface area (Å²) in [5, 5.41) is 9.02. The highest BCUT2D eigenvalue weighted by Gasteiger charge is 2.21. The molecule has 0 radical (unpaired) electrons. The average Bonchev–Trinajstić information content (AvgIpc) is 3.21. The molecule has 0 saturated heterocycles. The van der Waals surface area contributed by atoms with E-state index in [0.29, 0.717) is 12.6 Å². The lowest BCUT2D eigenvalue weighted by Gasteiger charge is -2.32.